The lowest BCUT2D eigenvalue weighted by molar-refractivity contribution is 0.0600. The maximum Gasteiger partial charge on any atom is 0.337 e. The van der Waals surface area contributed by atoms with Gasteiger partial charge in [0, 0.05) is 45.3 Å². The van der Waals surface area contributed by atoms with E-state index in [1.807, 2.05) is 24.3 Å². The summed E-state index contributed by atoms with van der Waals surface area (Å²) in [4.78, 5) is 19.2. The van der Waals surface area contributed by atoms with Crippen LogP contribution in [0.5, 0.6) is 0 Å². The third-order valence-corrected chi connectivity index (χ3v) is 5.64. The lowest BCUT2D eigenvalue weighted by atomic mass is 10.0. The minimum atomic E-state index is -0.271. The zero-order chi connectivity index (χ0) is 17.6. The highest BCUT2D eigenvalue weighted by atomic mass is 16.5. The molecule has 2 aliphatic heterocycles. The first-order valence-electron chi connectivity index (χ1n) is 9.48. The number of piperidine rings is 1. The van der Waals surface area contributed by atoms with E-state index in [1.54, 1.807) is 0 Å². The summed E-state index contributed by atoms with van der Waals surface area (Å²) in [5.74, 6) is -0.271. The molecule has 0 bridgehead atoms. The summed E-state index contributed by atoms with van der Waals surface area (Å²) in [6.07, 6.45) is 4.09. The molecular formula is C20H31N3O2. The number of hydrogen-bond donors (Lipinski definition) is 0. The molecule has 0 spiro atoms. The van der Waals surface area contributed by atoms with E-state index in [1.165, 1.54) is 45.0 Å². The summed E-state index contributed by atoms with van der Waals surface area (Å²) >= 11 is 0. The minimum Gasteiger partial charge on any atom is -0.465 e. The summed E-state index contributed by atoms with van der Waals surface area (Å²) in [6, 6.07) is 8.53. The molecule has 1 aromatic carbocycles. The van der Waals surface area contributed by atoms with Crippen molar-refractivity contribution in [3.8, 4) is 0 Å². The first-order valence-corrected chi connectivity index (χ1v) is 9.48. The van der Waals surface area contributed by atoms with Crippen molar-refractivity contribution < 1.29 is 9.53 Å². The van der Waals surface area contributed by atoms with Crippen LogP contribution in [0.4, 0.5) is 0 Å². The fraction of sp³-hybridized carbons (Fsp3) is 0.650. The summed E-state index contributed by atoms with van der Waals surface area (Å²) in [6.45, 7) is 7.99. The van der Waals surface area contributed by atoms with Crippen molar-refractivity contribution in [3.63, 3.8) is 0 Å². The standard InChI is InChI=1S/C20H31N3O2/c1-21-10-4-3-5-19(21)16-23-13-11-22(12-14-23)15-17-6-8-18(9-7-17)20(24)25-2/h6-9,19H,3-5,10-16H2,1-2H3/t19-/m1/s1. The van der Waals surface area contributed by atoms with E-state index in [0.29, 0.717) is 5.56 Å². The Kier molecular flexibility index (Phi) is 6.45. The van der Waals surface area contributed by atoms with Gasteiger partial charge in [-0.3, -0.25) is 9.80 Å². The molecular weight excluding hydrogens is 314 g/mol. The number of likely N-dealkylation sites (N-methyl/N-ethyl adjacent to an activating group) is 1. The predicted octanol–water partition coefficient (Wildman–Crippen LogP) is 2.08. The fourth-order valence-electron chi connectivity index (χ4n) is 3.93. The van der Waals surface area contributed by atoms with Crippen LogP contribution in [0.1, 0.15) is 35.2 Å². The Morgan fingerprint density at radius 3 is 2.36 bits per heavy atom. The molecule has 0 aliphatic carbocycles. The molecule has 2 aliphatic rings. The highest BCUT2D eigenvalue weighted by Gasteiger charge is 2.24. The van der Waals surface area contributed by atoms with Crippen molar-refractivity contribution in [1.29, 1.82) is 0 Å². The molecule has 138 valence electrons. The van der Waals surface area contributed by atoms with Crippen molar-refractivity contribution >= 4 is 5.97 Å². The zero-order valence-corrected chi connectivity index (χ0v) is 15.6. The number of rotatable bonds is 5. The smallest absolute Gasteiger partial charge is 0.337 e. The number of carbonyl (C=O) groups is 1. The van der Waals surface area contributed by atoms with Crippen molar-refractivity contribution in [1.82, 2.24) is 14.7 Å². The number of ether oxygens (including phenoxy) is 1. The Bertz CT molecular complexity index is 553. The maximum absolute atomic E-state index is 11.5. The van der Waals surface area contributed by atoms with Gasteiger partial charge in [0.15, 0.2) is 0 Å². The fourth-order valence-corrected chi connectivity index (χ4v) is 3.93. The minimum absolute atomic E-state index is 0.271. The van der Waals surface area contributed by atoms with Gasteiger partial charge < -0.3 is 9.64 Å². The molecule has 1 atom stereocenters. The van der Waals surface area contributed by atoms with Crippen LogP contribution in [0, 0.1) is 0 Å². The Morgan fingerprint density at radius 2 is 1.72 bits per heavy atom. The van der Waals surface area contributed by atoms with Gasteiger partial charge in [0.2, 0.25) is 0 Å². The molecule has 3 rings (SSSR count). The summed E-state index contributed by atoms with van der Waals surface area (Å²) in [7, 11) is 3.69. The average Bonchev–Trinajstić information content (AvgIpc) is 2.65. The van der Waals surface area contributed by atoms with Crippen LogP contribution in [0.2, 0.25) is 0 Å². The van der Waals surface area contributed by atoms with Crippen LogP contribution in [0.3, 0.4) is 0 Å². The number of piperazine rings is 1. The van der Waals surface area contributed by atoms with Crippen LogP contribution < -0.4 is 0 Å². The van der Waals surface area contributed by atoms with Crippen molar-refractivity contribution in [2.75, 3.05) is 53.4 Å². The van der Waals surface area contributed by atoms with E-state index in [9.17, 15) is 4.79 Å². The third kappa shape index (κ3) is 5.03. The van der Waals surface area contributed by atoms with E-state index < -0.39 is 0 Å². The number of benzene rings is 1. The van der Waals surface area contributed by atoms with E-state index in [2.05, 4.69) is 21.7 Å². The number of carbonyl (C=O) groups excluding carboxylic acids is 1. The second-order valence-corrected chi connectivity index (χ2v) is 7.40. The van der Waals surface area contributed by atoms with Gasteiger partial charge in [0.05, 0.1) is 12.7 Å². The van der Waals surface area contributed by atoms with Crippen LogP contribution in [-0.4, -0.2) is 80.1 Å². The second kappa shape index (κ2) is 8.79. The molecule has 2 heterocycles. The molecule has 5 heteroatoms. The van der Waals surface area contributed by atoms with Crippen LogP contribution >= 0.6 is 0 Å². The van der Waals surface area contributed by atoms with Crippen LogP contribution in [0.15, 0.2) is 24.3 Å². The molecule has 1 aromatic rings. The van der Waals surface area contributed by atoms with Crippen LogP contribution in [-0.2, 0) is 11.3 Å². The number of esters is 1. The topological polar surface area (TPSA) is 36.0 Å². The Morgan fingerprint density at radius 1 is 1.04 bits per heavy atom. The molecule has 2 fully saturated rings. The molecule has 25 heavy (non-hydrogen) atoms. The first-order chi connectivity index (χ1) is 12.2. The largest absolute Gasteiger partial charge is 0.465 e. The quantitative estimate of drug-likeness (QED) is 0.764. The molecule has 0 N–H and O–H groups in total. The van der Waals surface area contributed by atoms with Crippen LogP contribution in [0.25, 0.3) is 0 Å². The first kappa shape index (κ1) is 18.4. The van der Waals surface area contributed by atoms with Gasteiger partial charge in [-0.15, -0.1) is 0 Å². The van der Waals surface area contributed by atoms with Gasteiger partial charge in [0.25, 0.3) is 0 Å². The lowest BCUT2D eigenvalue weighted by Crippen LogP contribution is -2.51. The average molecular weight is 345 g/mol. The molecule has 0 amide bonds. The summed E-state index contributed by atoms with van der Waals surface area (Å²) in [5, 5.41) is 0. The molecule has 5 nitrogen and oxygen atoms in total. The normalized spacial score (nSPS) is 23.5. The SMILES string of the molecule is COC(=O)c1ccc(CN2CCN(C[C@H]3CCCCN3C)CC2)cc1. The van der Waals surface area contributed by atoms with Crippen molar-refractivity contribution in [2.45, 2.75) is 31.8 Å². The number of hydrogen-bond acceptors (Lipinski definition) is 5. The van der Waals surface area contributed by atoms with Gasteiger partial charge in [-0.1, -0.05) is 18.6 Å². The highest BCUT2D eigenvalue weighted by molar-refractivity contribution is 5.89. The number of methoxy groups -OCH3 is 1. The molecule has 0 unspecified atom stereocenters. The molecule has 0 aromatic heterocycles. The van der Waals surface area contributed by atoms with Gasteiger partial charge in [-0.05, 0) is 44.1 Å². The van der Waals surface area contributed by atoms with Crippen molar-refractivity contribution in [3.05, 3.63) is 35.4 Å². The number of likely N-dealkylation sites (tertiary alicyclic amines) is 1. The van der Waals surface area contributed by atoms with E-state index in [4.69, 9.17) is 4.74 Å². The van der Waals surface area contributed by atoms with Gasteiger partial charge in [-0.25, -0.2) is 4.79 Å². The van der Waals surface area contributed by atoms with Gasteiger partial charge >= 0.3 is 5.97 Å². The lowest BCUT2D eigenvalue weighted by Gasteiger charge is -2.40. The van der Waals surface area contributed by atoms with Gasteiger partial charge in [0.1, 0.15) is 0 Å². The Labute approximate surface area is 151 Å². The Hall–Kier alpha value is -1.43. The molecule has 0 radical (unpaired) electrons. The van der Waals surface area contributed by atoms with E-state index in [0.717, 1.165) is 38.8 Å². The summed E-state index contributed by atoms with van der Waals surface area (Å²) in [5.41, 5.74) is 1.88. The second-order valence-electron chi connectivity index (χ2n) is 7.40. The molecule has 0 saturated carbocycles. The van der Waals surface area contributed by atoms with Gasteiger partial charge in [-0.2, -0.15) is 0 Å². The molecule has 2 saturated heterocycles. The zero-order valence-electron chi connectivity index (χ0n) is 15.6. The van der Waals surface area contributed by atoms with E-state index in [-0.39, 0.29) is 5.97 Å². The monoisotopic (exact) mass is 345 g/mol. The van der Waals surface area contributed by atoms with Crippen molar-refractivity contribution in [2.24, 2.45) is 0 Å². The summed E-state index contributed by atoms with van der Waals surface area (Å²) < 4.78 is 4.75. The number of nitrogens with zero attached hydrogens (tertiary/aromatic N) is 3. The predicted molar refractivity (Wildman–Crippen MR) is 99.8 cm³/mol. The third-order valence-electron chi connectivity index (χ3n) is 5.64. The Balaban J connectivity index is 1.43. The highest BCUT2D eigenvalue weighted by Crippen LogP contribution is 2.17. The van der Waals surface area contributed by atoms with E-state index >= 15 is 0 Å². The maximum atomic E-state index is 11.5.